The van der Waals surface area contributed by atoms with E-state index in [1.165, 1.54) is 0 Å². The van der Waals surface area contributed by atoms with E-state index in [0.29, 0.717) is 35.3 Å². The summed E-state index contributed by atoms with van der Waals surface area (Å²) in [6.45, 7) is 4.22. The number of anilines is 2. The van der Waals surface area contributed by atoms with E-state index in [1.807, 2.05) is 44.2 Å². The molecule has 0 aliphatic carbocycles. The van der Waals surface area contributed by atoms with E-state index in [4.69, 9.17) is 20.2 Å². The lowest BCUT2D eigenvalue weighted by atomic mass is 9.99. The van der Waals surface area contributed by atoms with Gasteiger partial charge in [-0.15, -0.1) is 0 Å². The maximum Gasteiger partial charge on any atom is 0.170 e. The van der Waals surface area contributed by atoms with Gasteiger partial charge in [-0.1, -0.05) is 13.0 Å². The Morgan fingerprint density at radius 2 is 1.95 bits per heavy atom. The van der Waals surface area contributed by atoms with Gasteiger partial charge in [-0.2, -0.15) is 0 Å². The van der Waals surface area contributed by atoms with E-state index in [2.05, 4.69) is 20.3 Å². The molecular weight excluding hydrogens is 483 g/mol. The number of H-pyrrole nitrogens is 1. The average Bonchev–Trinajstić information content (AvgIpc) is 3.43. The Morgan fingerprint density at radius 1 is 1.08 bits per heavy atom. The quantitative estimate of drug-likeness (QED) is 0.225. The topological polar surface area (TPSA) is 111 Å². The molecule has 1 unspecified atom stereocenters. The smallest absolute Gasteiger partial charge is 0.170 e. The Morgan fingerprint density at radius 3 is 2.74 bits per heavy atom. The van der Waals surface area contributed by atoms with Crippen molar-refractivity contribution >= 4 is 22.3 Å². The number of pyridine rings is 2. The summed E-state index contributed by atoms with van der Waals surface area (Å²) in [6, 6.07) is 12.4. The molecule has 38 heavy (non-hydrogen) atoms. The van der Waals surface area contributed by atoms with Crippen LogP contribution in [-0.4, -0.2) is 33.7 Å². The van der Waals surface area contributed by atoms with Crippen molar-refractivity contribution in [3.05, 3.63) is 90.0 Å². The number of methoxy groups -OCH3 is 1. The molecule has 0 aliphatic rings. The van der Waals surface area contributed by atoms with Crippen LogP contribution in [0.1, 0.15) is 36.8 Å². The molecule has 0 spiro atoms. The van der Waals surface area contributed by atoms with E-state index in [1.54, 1.807) is 44.0 Å². The Hall–Kier alpha value is -4.66. The Labute approximate surface area is 220 Å². The SMILES string of the molecule is CCOc1cc(CC)cc(C(Nc2ccc3c(N)nccc3c2)c2nc(-c3cnccc3OC)c[nH]2)c1F. The number of rotatable bonds is 9. The number of aromatic nitrogens is 4. The second kappa shape index (κ2) is 10.8. The number of nitrogen functional groups attached to an aromatic ring is 1. The minimum atomic E-state index is -0.659. The minimum Gasteiger partial charge on any atom is -0.496 e. The van der Waals surface area contributed by atoms with Gasteiger partial charge in [0.1, 0.15) is 23.4 Å². The molecule has 0 saturated heterocycles. The fraction of sp³-hybridized carbons (Fsp3) is 0.207. The van der Waals surface area contributed by atoms with Crippen molar-refractivity contribution in [2.75, 3.05) is 24.8 Å². The monoisotopic (exact) mass is 512 g/mol. The lowest BCUT2D eigenvalue weighted by Crippen LogP contribution is -2.17. The second-order valence-electron chi connectivity index (χ2n) is 8.74. The van der Waals surface area contributed by atoms with Crippen LogP contribution >= 0.6 is 0 Å². The predicted octanol–water partition coefficient (Wildman–Crippen LogP) is 5.91. The Kier molecular flexibility index (Phi) is 7.08. The molecular formula is C29H29FN6O2. The number of halogens is 1. The van der Waals surface area contributed by atoms with Gasteiger partial charge in [0.25, 0.3) is 0 Å². The number of nitrogens with one attached hydrogen (secondary N) is 2. The number of aryl methyl sites for hydroxylation is 1. The van der Waals surface area contributed by atoms with Crippen molar-refractivity contribution in [2.24, 2.45) is 0 Å². The first kappa shape index (κ1) is 25.0. The van der Waals surface area contributed by atoms with Gasteiger partial charge in [-0.25, -0.2) is 14.4 Å². The molecule has 0 radical (unpaired) electrons. The predicted molar refractivity (Wildman–Crippen MR) is 147 cm³/mol. The molecule has 3 aromatic heterocycles. The van der Waals surface area contributed by atoms with Gasteiger partial charge >= 0.3 is 0 Å². The fourth-order valence-electron chi connectivity index (χ4n) is 4.48. The van der Waals surface area contributed by atoms with Crippen LogP contribution in [0.3, 0.4) is 0 Å². The first-order valence-electron chi connectivity index (χ1n) is 12.4. The highest BCUT2D eigenvalue weighted by molar-refractivity contribution is 5.93. The third-order valence-corrected chi connectivity index (χ3v) is 6.40. The number of imidazole rings is 1. The largest absolute Gasteiger partial charge is 0.496 e. The molecule has 0 amide bonds. The van der Waals surface area contributed by atoms with Crippen molar-refractivity contribution < 1.29 is 13.9 Å². The summed E-state index contributed by atoms with van der Waals surface area (Å²) in [5, 5.41) is 5.24. The Bertz CT molecular complexity index is 1590. The molecule has 9 heteroatoms. The van der Waals surface area contributed by atoms with E-state index in [0.717, 1.165) is 34.0 Å². The van der Waals surface area contributed by atoms with Crippen LogP contribution in [0.2, 0.25) is 0 Å². The summed E-state index contributed by atoms with van der Waals surface area (Å²) in [5.74, 6) is 1.39. The van der Waals surface area contributed by atoms with Crippen LogP contribution in [0.15, 0.2) is 67.3 Å². The Balaban J connectivity index is 1.63. The molecule has 0 fully saturated rings. The maximum atomic E-state index is 15.9. The molecule has 0 aliphatic heterocycles. The highest BCUT2D eigenvalue weighted by Crippen LogP contribution is 2.35. The van der Waals surface area contributed by atoms with Crippen molar-refractivity contribution in [2.45, 2.75) is 26.3 Å². The maximum absolute atomic E-state index is 15.9. The van der Waals surface area contributed by atoms with E-state index >= 15 is 4.39 Å². The molecule has 5 aromatic rings. The van der Waals surface area contributed by atoms with Crippen LogP contribution in [-0.2, 0) is 6.42 Å². The summed E-state index contributed by atoms with van der Waals surface area (Å²) in [4.78, 5) is 16.5. The highest BCUT2D eigenvalue weighted by Gasteiger charge is 2.25. The van der Waals surface area contributed by atoms with Crippen molar-refractivity contribution in [1.82, 2.24) is 19.9 Å². The van der Waals surface area contributed by atoms with Gasteiger partial charge in [0.15, 0.2) is 11.6 Å². The van der Waals surface area contributed by atoms with Gasteiger partial charge in [0, 0.05) is 41.4 Å². The van der Waals surface area contributed by atoms with Gasteiger partial charge in [0.05, 0.1) is 25.0 Å². The normalized spacial score (nSPS) is 11.9. The number of benzene rings is 2. The third-order valence-electron chi connectivity index (χ3n) is 6.40. The first-order valence-corrected chi connectivity index (χ1v) is 12.4. The lowest BCUT2D eigenvalue weighted by molar-refractivity contribution is 0.319. The van der Waals surface area contributed by atoms with E-state index in [-0.39, 0.29) is 5.75 Å². The number of aromatic amines is 1. The van der Waals surface area contributed by atoms with Crippen LogP contribution in [0.5, 0.6) is 11.5 Å². The number of nitrogens with two attached hydrogens (primary N) is 1. The summed E-state index contributed by atoms with van der Waals surface area (Å²) in [5.41, 5.74) is 9.54. The van der Waals surface area contributed by atoms with Gasteiger partial charge in [-0.3, -0.25) is 4.98 Å². The molecule has 2 aromatic carbocycles. The van der Waals surface area contributed by atoms with Gasteiger partial charge in [-0.05, 0) is 60.7 Å². The summed E-state index contributed by atoms with van der Waals surface area (Å²) in [6.07, 6.45) is 7.50. The molecule has 3 heterocycles. The standard InChI is InChI=1S/C29H29FN6O2/c1-4-17-12-21(26(30)25(13-17)38-5-2)27(35-19-6-7-20-18(14-19)8-11-33-28(20)31)29-34-16-23(36-29)22-15-32-10-9-24(22)37-3/h6-16,27,35H,4-5H2,1-3H3,(H2,31,33)(H,34,36). The average molecular weight is 513 g/mol. The van der Waals surface area contributed by atoms with Crippen molar-refractivity contribution in [3.63, 3.8) is 0 Å². The van der Waals surface area contributed by atoms with Gasteiger partial charge < -0.3 is 25.5 Å². The van der Waals surface area contributed by atoms with Crippen molar-refractivity contribution in [1.29, 1.82) is 0 Å². The number of ether oxygens (including phenoxy) is 2. The zero-order valence-corrected chi connectivity index (χ0v) is 21.5. The second-order valence-corrected chi connectivity index (χ2v) is 8.74. The number of fused-ring (bicyclic) bond motifs is 1. The van der Waals surface area contributed by atoms with Crippen LogP contribution in [0.25, 0.3) is 22.0 Å². The zero-order chi connectivity index (χ0) is 26.6. The van der Waals surface area contributed by atoms with Crippen LogP contribution in [0.4, 0.5) is 15.9 Å². The summed E-state index contributed by atoms with van der Waals surface area (Å²) in [7, 11) is 1.60. The van der Waals surface area contributed by atoms with Crippen LogP contribution < -0.4 is 20.5 Å². The van der Waals surface area contributed by atoms with E-state index in [9.17, 15) is 0 Å². The minimum absolute atomic E-state index is 0.215. The van der Waals surface area contributed by atoms with Crippen LogP contribution in [0, 0.1) is 5.82 Å². The molecule has 0 saturated carbocycles. The fourth-order valence-corrected chi connectivity index (χ4v) is 4.48. The van der Waals surface area contributed by atoms with Crippen molar-refractivity contribution in [3.8, 4) is 22.8 Å². The molecule has 8 nitrogen and oxygen atoms in total. The molecule has 5 rings (SSSR count). The number of hydrogen-bond donors (Lipinski definition) is 3. The molecule has 194 valence electrons. The first-order chi connectivity index (χ1) is 18.5. The number of hydrogen-bond acceptors (Lipinski definition) is 7. The molecule has 4 N–H and O–H groups in total. The third kappa shape index (κ3) is 4.82. The van der Waals surface area contributed by atoms with Gasteiger partial charge in [0.2, 0.25) is 0 Å². The zero-order valence-electron chi connectivity index (χ0n) is 21.5. The number of nitrogens with zero attached hydrogens (tertiary/aromatic N) is 3. The molecule has 1 atom stereocenters. The summed E-state index contributed by atoms with van der Waals surface area (Å²) < 4.78 is 27.1. The summed E-state index contributed by atoms with van der Waals surface area (Å²) >= 11 is 0. The molecule has 0 bridgehead atoms. The lowest BCUT2D eigenvalue weighted by Gasteiger charge is -2.22. The highest BCUT2D eigenvalue weighted by atomic mass is 19.1. The van der Waals surface area contributed by atoms with E-state index < -0.39 is 11.9 Å².